The second kappa shape index (κ2) is 7.21. The fraction of sp³-hybridized carbons (Fsp3) is 0.650. The van der Waals surface area contributed by atoms with Crippen molar-refractivity contribution < 1.29 is 14.3 Å². The van der Waals surface area contributed by atoms with E-state index < -0.39 is 0 Å². The molecule has 3 aliphatic rings. The third-order valence-electron chi connectivity index (χ3n) is 6.55. The minimum Gasteiger partial charge on any atom is -0.393 e. The van der Waals surface area contributed by atoms with Gasteiger partial charge in [-0.15, -0.1) is 0 Å². The highest BCUT2D eigenvalue weighted by molar-refractivity contribution is 9.10. The van der Waals surface area contributed by atoms with Crippen molar-refractivity contribution in [3.05, 3.63) is 34.1 Å². The van der Waals surface area contributed by atoms with Crippen LogP contribution in [0.4, 0.5) is 4.39 Å². The Morgan fingerprint density at radius 1 is 1.19 bits per heavy atom. The molecular formula is C20H26BrFN2O2. The van der Waals surface area contributed by atoms with Crippen molar-refractivity contribution in [2.75, 3.05) is 13.1 Å². The standard InChI is InChI=1S/C20H26BrFN2O2/c21-13-1-6-17(22)16(11-13)18-12-20(7-9-23-10-8-20)19(26)24(18)14-2-4-15(25)5-3-14/h1,6,11,14-15,18,23,25H,2-5,7-10,12H2. The molecule has 1 saturated carbocycles. The number of amides is 1. The van der Waals surface area contributed by atoms with Gasteiger partial charge in [0.05, 0.1) is 17.6 Å². The van der Waals surface area contributed by atoms with Gasteiger partial charge in [0, 0.05) is 16.1 Å². The maximum absolute atomic E-state index is 14.7. The van der Waals surface area contributed by atoms with Gasteiger partial charge < -0.3 is 15.3 Å². The van der Waals surface area contributed by atoms with Crippen LogP contribution in [0.3, 0.4) is 0 Å². The number of nitrogens with one attached hydrogen (secondary N) is 1. The van der Waals surface area contributed by atoms with Gasteiger partial charge in [0.25, 0.3) is 0 Å². The normalized spacial score (nSPS) is 31.6. The molecular weight excluding hydrogens is 399 g/mol. The van der Waals surface area contributed by atoms with Gasteiger partial charge in [-0.25, -0.2) is 4.39 Å². The Kier molecular flexibility index (Phi) is 5.10. The third kappa shape index (κ3) is 3.20. The van der Waals surface area contributed by atoms with E-state index in [1.165, 1.54) is 6.07 Å². The van der Waals surface area contributed by atoms with Crippen molar-refractivity contribution in [2.24, 2.45) is 5.41 Å². The summed E-state index contributed by atoms with van der Waals surface area (Å²) in [4.78, 5) is 15.5. The molecule has 4 nitrogen and oxygen atoms in total. The first-order valence-electron chi connectivity index (χ1n) is 9.67. The molecule has 0 bridgehead atoms. The van der Waals surface area contributed by atoms with Crippen LogP contribution in [0.1, 0.15) is 56.6 Å². The van der Waals surface area contributed by atoms with E-state index in [4.69, 9.17) is 0 Å². The quantitative estimate of drug-likeness (QED) is 0.763. The van der Waals surface area contributed by atoms with E-state index in [1.54, 1.807) is 6.07 Å². The number of carbonyl (C=O) groups excluding carboxylic acids is 1. The maximum atomic E-state index is 14.7. The van der Waals surface area contributed by atoms with Crippen LogP contribution in [0.25, 0.3) is 0 Å². The molecule has 3 fully saturated rings. The average Bonchev–Trinajstić information content (AvgIpc) is 2.91. The van der Waals surface area contributed by atoms with Gasteiger partial charge in [-0.3, -0.25) is 4.79 Å². The summed E-state index contributed by atoms with van der Waals surface area (Å²) in [5.41, 5.74) is 0.259. The zero-order valence-corrected chi connectivity index (χ0v) is 16.5. The number of hydrogen-bond donors (Lipinski definition) is 2. The summed E-state index contributed by atoms with van der Waals surface area (Å²) in [5.74, 6) is -0.0393. The lowest BCUT2D eigenvalue weighted by atomic mass is 9.76. The summed E-state index contributed by atoms with van der Waals surface area (Å²) in [6, 6.07) is 4.91. The highest BCUT2D eigenvalue weighted by atomic mass is 79.9. The summed E-state index contributed by atoms with van der Waals surface area (Å²) >= 11 is 3.46. The molecule has 1 unspecified atom stereocenters. The second-order valence-corrected chi connectivity index (χ2v) is 9.01. The molecule has 1 aromatic rings. The van der Waals surface area contributed by atoms with Gasteiger partial charge in [0.2, 0.25) is 5.91 Å². The highest BCUT2D eigenvalue weighted by Gasteiger charge is 2.54. The van der Waals surface area contributed by atoms with Gasteiger partial charge in [-0.05, 0) is 76.2 Å². The van der Waals surface area contributed by atoms with Gasteiger partial charge in [-0.2, -0.15) is 0 Å². The SMILES string of the molecule is O=C1N(C2CCC(O)CC2)C(c2cc(Br)ccc2F)CC12CCNCC2. The molecule has 1 aliphatic carbocycles. The summed E-state index contributed by atoms with van der Waals surface area (Å²) in [6.07, 6.45) is 5.11. The van der Waals surface area contributed by atoms with Gasteiger partial charge in [0.15, 0.2) is 0 Å². The van der Waals surface area contributed by atoms with Crippen LogP contribution in [0.15, 0.2) is 22.7 Å². The number of rotatable bonds is 2. The first kappa shape index (κ1) is 18.4. The number of aliphatic hydroxyl groups excluding tert-OH is 1. The van der Waals surface area contributed by atoms with Gasteiger partial charge in [-0.1, -0.05) is 15.9 Å². The summed E-state index contributed by atoms with van der Waals surface area (Å²) < 4.78 is 15.5. The minimum absolute atomic E-state index is 0.101. The zero-order valence-electron chi connectivity index (χ0n) is 14.9. The van der Waals surface area contributed by atoms with E-state index in [1.807, 2.05) is 11.0 Å². The lowest BCUT2D eigenvalue weighted by molar-refractivity contribution is -0.141. The number of likely N-dealkylation sites (tertiary alicyclic amines) is 1. The zero-order chi connectivity index (χ0) is 18.3. The molecule has 6 heteroatoms. The molecule has 2 aliphatic heterocycles. The first-order chi connectivity index (χ1) is 12.5. The summed E-state index contributed by atoms with van der Waals surface area (Å²) in [7, 11) is 0. The molecule has 1 aromatic carbocycles. The van der Waals surface area contributed by atoms with Gasteiger partial charge >= 0.3 is 0 Å². The Bertz CT molecular complexity index is 684. The molecule has 142 valence electrons. The Balaban J connectivity index is 1.71. The molecule has 1 amide bonds. The molecule has 4 rings (SSSR count). The van der Waals surface area contributed by atoms with Crippen molar-refractivity contribution in [3.63, 3.8) is 0 Å². The topological polar surface area (TPSA) is 52.6 Å². The van der Waals surface area contributed by atoms with Crippen LogP contribution in [-0.2, 0) is 4.79 Å². The summed E-state index contributed by atoms with van der Waals surface area (Å²) in [5, 5.41) is 13.2. The van der Waals surface area contributed by atoms with Crippen molar-refractivity contribution >= 4 is 21.8 Å². The number of carbonyl (C=O) groups is 1. The predicted molar refractivity (Wildman–Crippen MR) is 101 cm³/mol. The van der Waals surface area contributed by atoms with Crippen molar-refractivity contribution in [3.8, 4) is 0 Å². The lowest BCUT2D eigenvalue weighted by Gasteiger charge is -2.38. The van der Waals surface area contributed by atoms with E-state index in [0.717, 1.165) is 56.1 Å². The monoisotopic (exact) mass is 424 g/mol. The second-order valence-electron chi connectivity index (χ2n) is 8.09. The Labute approximate surface area is 162 Å². The van der Waals surface area contributed by atoms with Crippen LogP contribution in [0, 0.1) is 11.2 Å². The molecule has 2 N–H and O–H groups in total. The third-order valence-corrected chi connectivity index (χ3v) is 7.04. The smallest absolute Gasteiger partial charge is 0.229 e. The van der Waals surface area contributed by atoms with Gasteiger partial charge in [0.1, 0.15) is 5.82 Å². The van der Waals surface area contributed by atoms with Crippen LogP contribution >= 0.6 is 15.9 Å². The van der Waals surface area contributed by atoms with E-state index >= 15 is 0 Å². The van der Waals surface area contributed by atoms with Crippen LogP contribution in [0.2, 0.25) is 0 Å². The van der Waals surface area contributed by atoms with Crippen molar-refractivity contribution in [1.29, 1.82) is 0 Å². The fourth-order valence-corrected chi connectivity index (χ4v) is 5.46. The van der Waals surface area contributed by atoms with Crippen LogP contribution < -0.4 is 5.32 Å². The maximum Gasteiger partial charge on any atom is 0.229 e. The van der Waals surface area contributed by atoms with E-state index in [9.17, 15) is 14.3 Å². The minimum atomic E-state index is -0.360. The number of halogens is 2. The van der Waals surface area contributed by atoms with Crippen molar-refractivity contribution in [1.82, 2.24) is 10.2 Å². The van der Waals surface area contributed by atoms with Crippen LogP contribution in [0.5, 0.6) is 0 Å². The molecule has 1 atom stereocenters. The number of piperidine rings is 1. The van der Waals surface area contributed by atoms with E-state index in [0.29, 0.717) is 12.0 Å². The highest BCUT2D eigenvalue weighted by Crippen LogP contribution is 2.51. The molecule has 2 heterocycles. The average molecular weight is 425 g/mol. The summed E-state index contributed by atoms with van der Waals surface area (Å²) in [6.45, 7) is 1.69. The molecule has 0 aromatic heterocycles. The Hall–Kier alpha value is -0.980. The largest absolute Gasteiger partial charge is 0.393 e. The molecule has 26 heavy (non-hydrogen) atoms. The first-order valence-corrected chi connectivity index (χ1v) is 10.5. The number of hydrogen-bond acceptors (Lipinski definition) is 3. The van der Waals surface area contributed by atoms with E-state index in [-0.39, 0.29) is 35.3 Å². The fourth-order valence-electron chi connectivity index (χ4n) is 5.08. The number of aliphatic hydroxyl groups is 1. The number of benzene rings is 1. The van der Waals surface area contributed by atoms with Crippen LogP contribution in [-0.4, -0.2) is 41.1 Å². The molecule has 1 spiro atoms. The van der Waals surface area contributed by atoms with Crippen molar-refractivity contribution in [2.45, 2.75) is 63.1 Å². The Morgan fingerprint density at radius 2 is 1.88 bits per heavy atom. The Morgan fingerprint density at radius 3 is 2.58 bits per heavy atom. The molecule has 0 radical (unpaired) electrons. The lowest BCUT2D eigenvalue weighted by Crippen LogP contribution is -2.47. The molecule has 2 saturated heterocycles. The number of nitrogens with zero attached hydrogens (tertiary/aromatic N) is 1. The van der Waals surface area contributed by atoms with E-state index in [2.05, 4.69) is 21.2 Å². The predicted octanol–water partition coefficient (Wildman–Crippen LogP) is 3.53.